The zero-order valence-corrected chi connectivity index (χ0v) is 19.6. The van der Waals surface area contributed by atoms with Crippen LogP contribution >= 0.6 is 0 Å². The summed E-state index contributed by atoms with van der Waals surface area (Å²) in [5.74, 6) is 2.77. The van der Waals surface area contributed by atoms with Gasteiger partial charge >= 0.3 is 0 Å². The number of aromatic nitrogens is 2. The van der Waals surface area contributed by atoms with Gasteiger partial charge in [-0.05, 0) is 63.1 Å². The third-order valence-electron chi connectivity index (χ3n) is 7.72. The van der Waals surface area contributed by atoms with Crippen LogP contribution < -0.4 is 14.4 Å². The lowest BCUT2D eigenvalue weighted by Crippen LogP contribution is -2.34. The van der Waals surface area contributed by atoms with E-state index in [1.54, 1.807) is 18.6 Å². The number of ether oxygens (including phenoxy) is 3. The van der Waals surface area contributed by atoms with E-state index in [-0.39, 0.29) is 11.9 Å². The van der Waals surface area contributed by atoms with Crippen molar-refractivity contribution < 1.29 is 18.6 Å². The third-order valence-corrected chi connectivity index (χ3v) is 7.72. The Bertz CT molecular complexity index is 1010. The highest BCUT2D eigenvalue weighted by molar-refractivity contribution is 5.55. The number of rotatable bonds is 7. The van der Waals surface area contributed by atoms with E-state index in [9.17, 15) is 4.39 Å². The molecule has 7 nitrogen and oxygen atoms in total. The maximum absolute atomic E-state index is 13.9. The number of likely N-dealkylation sites (tertiary alicyclic amines) is 1. The van der Waals surface area contributed by atoms with Gasteiger partial charge in [-0.25, -0.2) is 14.4 Å². The molecule has 1 aromatic carbocycles. The van der Waals surface area contributed by atoms with Gasteiger partial charge in [-0.3, -0.25) is 0 Å². The first kappa shape index (κ1) is 22.0. The molecule has 0 amide bonds. The molecule has 2 aromatic rings. The number of nitrogens with zero attached hydrogens (tertiary/aromatic N) is 4. The van der Waals surface area contributed by atoms with Crippen LogP contribution in [0.5, 0.6) is 17.2 Å². The molecule has 182 valence electrons. The highest BCUT2D eigenvalue weighted by atomic mass is 19.1. The van der Waals surface area contributed by atoms with Crippen molar-refractivity contribution in [1.82, 2.24) is 14.9 Å². The van der Waals surface area contributed by atoms with Gasteiger partial charge in [-0.15, -0.1) is 0 Å². The first-order chi connectivity index (χ1) is 16.7. The van der Waals surface area contributed by atoms with Gasteiger partial charge in [0.15, 0.2) is 23.1 Å². The molecule has 1 spiro atoms. The summed E-state index contributed by atoms with van der Waals surface area (Å²) in [5.41, 5.74) is 0.309. The van der Waals surface area contributed by atoms with Gasteiger partial charge in [0.2, 0.25) is 0 Å². The van der Waals surface area contributed by atoms with Crippen molar-refractivity contribution in [3.05, 3.63) is 36.5 Å². The summed E-state index contributed by atoms with van der Waals surface area (Å²) >= 11 is 0. The molecule has 4 fully saturated rings. The second-order valence-corrected chi connectivity index (χ2v) is 10.4. The Morgan fingerprint density at radius 2 is 1.88 bits per heavy atom. The molecule has 0 bridgehead atoms. The smallest absolute Gasteiger partial charge is 0.188 e. The second-order valence-electron chi connectivity index (χ2n) is 10.4. The van der Waals surface area contributed by atoms with Crippen LogP contribution in [0.4, 0.5) is 10.2 Å². The molecular weight excluding hydrogens is 435 g/mol. The van der Waals surface area contributed by atoms with Gasteiger partial charge in [0.25, 0.3) is 0 Å². The van der Waals surface area contributed by atoms with Gasteiger partial charge in [-0.1, -0.05) is 0 Å². The number of halogens is 1. The Balaban J connectivity index is 1.14. The summed E-state index contributed by atoms with van der Waals surface area (Å²) in [4.78, 5) is 13.8. The molecule has 34 heavy (non-hydrogen) atoms. The molecule has 1 atom stereocenters. The van der Waals surface area contributed by atoms with E-state index in [4.69, 9.17) is 14.2 Å². The molecule has 4 aliphatic rings. The second kappa shape index (κ2) is 9.30. The molecule has 8 heteroatoms. The fourth-order valence-corrected chi connectivity index (χ4v) is 5.69. The number of anilines is 1. The Labute approximate surface area is 200 Å². The van der Waals surface area contributed by atoms with Gasteiger partial charge in [0.1, 0.15) is 12.1 Å². The highest BCUT2D eigenvalue weighted by Crippen LogP contribution is 2.44. The third kappa shape index (κ3) is 4.84. The predicted molar refractivity (Wildman–Crippen MR) is 126 cm³/mol. The fourth-order valence-electron chi connectivity index (χ4n) is 5.69. The van der Waals surface area contributed by atoms with Crippen molar-refractivity contribution in [3.63, 3.8) is 0 Å². The maximum atomic E-state index is 13.9. The van der Waals surface area contributed by atoms with Crippen LogP contribution in [-0.4, -0.2) is 66.9 Å². The Kier molecular flexibility index (Phi) is 6.03. The molecule has 3 saturated heterocycles. The van der Waals surface area contributed by atoms with Crippen molar-refractivity contribution in [3.8, 4) is 17.2 Å². The van der Waals surface area contributed by atoms with Gasteiger partial charge < -0.3 is 24.0 Å². The van der Waals surface area contributed by atoms with Gasteiger partial charge in [0.05, 0.1) is 12.3 Å². The summed E-state index contributed by atoms with van der Waals surface area (Å²) < 4.78 is 31.5. The van der Waals surface area contributed by atoms with Crippen LogP contribution in [0, 0.1) is 17.2 Å². The van der Waals surface area contributed by atoms with Gasteiger partial charge in [0, 0.05) is 50.9 Å². The van der Waals surface area contributed by atoms with E-state index in [0.29, 0.717) is 22.7 Å². The molecule has 0 radical (unpaired) electrons. The van der Waals surface area contributed by atoms with E-state index in [0.717, 1.165) is 63.8 Å². The maximum Gasteiger partial charge on any atom is 0.188 e. The average molecular weight is 469 g/mol. The molecule has 6 rings (SSSR count). The monoisotopic (exact) mass is 468 g/mol. The average Bonchev–Trinajstić information content (AvgIpc) is 3.44. The quantitative estimate of drug-likeness (QED) is 0.601. The van der Waals surface area contributed by atoms with E-state index >= 15 is 0 Å². The molecule has 1 saturated carbocycles. The Morgan fingerprint density at radius 1 is 1.03 bits per heavy atom. The zero-order valence-electron chi connectivity index (χ0n) is 19.6. The number of hydrogen-bond donors (Lipinski definition) is 0. The normalized spacial score (nSPS) is 25.9. The van der Waals surface area contributed by atoms with Crippen LogP contribution in [0.2, 0.25) is 0 Å². The minimum absolute atomic E-state index is 0.153. The molecule has 4 heterocycles. The summed E-state index contributed by atoms with van der Waals surface area (Å²) in [7, 11) is 0. The first-order valence-electron chi connectivity index (χ1n) is 12.6. The van der Waals surface area contributed by atoms with Crippen molar-refractivity contribution >= 4 is 5.82 Å². The van der Waals surface area contributed by atoms with Crippen LogP contribution in [0.15, 0.2) is 30.7 Å². The lowest BCUT2D eigenvalue weighted by molar-refractivity contribution is 0.0543. The number of benzene rings is 1. The van der Waals surface area contributed by atoms with Crippen molar-refractivity contribution in [2.24, 2.45) is 11.3 Å². The Morgan fingerprint density at radius 3 is 2.74 bits per heavy atom. The molecule has 1 aromatic heterocycles. The first-order valence-corrected chi connectivity index (χ1v) is 12.6. The lowest BCUT2D eigenvalue weighted by atomic mass is 9.86. The lowest BCUT2D eigenvalue weighted by Gasteiger charge is -2.29. The largest absolute Gasteiger partial charge is 0.486 e. The van der Waals surface area contributed by atoms with E-state index in [1.165, 1.54) is 44.5 Å². The summed E-state index contributed by atoms with van der Waals surface area (Å²) in [5, 5.41) is 0. The summed E-state index contributed by atoms with van der Waals surface area (Å²) in [6.45, 7) is 7.27. The SMILES string of the molecule is Fc1ccc(Oc2cncnc2N2CCC3(CCN(CC4CCOCC4)C3)C2)c(OC2CC2)c1. The van der Waals surface area contributed by atoms with E-state index < -0.39 is 0 Å². The fraction of sp³-hybridized carbons (Fsp3) is 0.615. The standard InChI is InChI=1S/C26H33FN4O3/c27-20-1-4-22(23(13-20)33-21-2-3-21)34-24-14-28-18-29-25(24)31-10-8-26(17-31)7-9-30(16-26)15-19-5-11-32-12-6-19/h1,4,13-14,18-19,21H,2-3,5-12,15-17H2. The van der Waals surface area contributed by atoms with Crippen molar-refractivity contribution in [2.75, 3.05) is 50.8 Å². The molecule has 1 aliphatic carbocycles. The number of hydrogen-bond acceptors (Lipinski definition) is 7. The minimum atomic E-state index is -0.333. The van der Waals surface area contributed by atoms with Crippen LogP contribution in [-0.2, 0) is 4.74 Å². The summed E-state index contributed by atoms with van der Waals surface area (Å²) in [6.07, 6.45) is 10.2. The predicted octanol–water partition coefficient (Wildman–Crippen LogP) is 4.28. The van der Waals surface area contributed by atoms with E-state index in [1.807, 2.05) is 0 Å². The van der Waals surface area contributed by atoms with Crippen LogP contribution in [0.3, 0.4) is 0 Å². The minimum Gasteiger partial charge on any atom is -0.486 e. The molecular formula is C26H33FN4O3. The molecule has 1 unspecified atom stereocenters. The van der Waals surface area contributed by atoms with Crippen molar-refractivity contribution in [2.45, 2.75) is 44.6 Å². The zero-order chi connectivity index (χ0) is 23.0. The highest BCUT2D eigenvalue weighted by Gasteiger charge is 2.44. The Hall–Kier alpha value is -2.45. The summed E-state index contributed by atoms with van der Waals surface area (Å²) in [6, 6.07) is 4.42. The molecule has 3 aliphatic heterocycles. The van der Waals surface area contributed by atoms with Gasteiger partial charge in [-0.2, -0.15) is 0 Å². The van der Waals surface area contributed by atoms with Crippen LogP contribution in [0.1, 0.15) is 38.5 Å². The molecule has 0 N–H and O–H groups in total. The van der Waals surface area contributed by atoms with Crippen molar-refractivity contribution in [1.29, 1.82) is 0 Å². The topological polar surface area (TPSA) is 60.0 Å². The van der Waals surface area contributed by atoms with Crippen LogP contribution in [0.25, 0.3) is 0 Å². The van der Waals surface area contributed by atoms with E-state index in [2.05, 4.69) is 19.8 Å².